The topological polar surface area (TPSA) is 128 Å². The average molecular weight is 506 g/mol. The van der Waals surface area contributed by atoms with Gasteiger partial charge in [0.2, 0.25) is 15.9 Å². The highest BCUT2D eigenvalue weighted by Crippen LogP contribution is 2.31. The lowest BCUT2D eigenvalue weighted by Crippen LogP contribution is -2.43. The first-order chi connectivity index (χ1) is 15.8. The van der Waals surface area contributed by atoms with Crippen LogP contribution < -0.4 is 5.73 Å². The molecule has 3 heterocycles. The number of thiophene rings is 1. The predicted molar refractivity (Wildman–Crippen MR) is 126 cm³/mol. The molecule has 0 aliphatic carbocycles. The molecule has 3 aromatic rings. The smallest absolute Gasteiger partial charge is 0.290 e. The van der Waals surface area contributed by atoms with E-state index < -0.39 is 21.8 Å². The summed E-state index contributed by atoms with van der Waals surface area (Å²) in [6, 6.07) is 11.3. The molecule has 2 aromatic heterocycles. The van der Waals surface area contributed by atoms with Crippen LogP contribution in [0.4, 0.5) is 0 Å². The highest BCUT2D eigenvalue weighted by atomic mass is 32.2. The van der Waals surface area contributed by atoms with Crippen LogP contribution in [0, 0.1) is 0 Å². The zero-order chi connectivity index (χ0) is 23.6. The molecule has 1 fully saturated rings. The first-order valence-corrected chi connectivity index (χ1v) is 14.0. The number of thioether (sulfide) groups is 1. The van der Waals surface area contributed by atoms with E-state index in [9.17, 15) is 18.0 Å². The van der Waals surface area contributed by atoms with Gasteiger partial charge in [0.15, 0.2) is 11.0 Å². The maximum absolute atomic E-state index is 13.1. The number of amides is 1. The molecule has 33 heavy (non-hydrogen) atoms. The SMILES string of the molecule is CS(=O)(=O)N1CCCC(c2nc(SCc3ccc(CN)cc3)n(C(=O)c3cccs3)n2)C1=O. The number of carbonyl (C=O) groups excluding carboxylic acids is 2. The van der Waals surface area contributed by atoms with Gasteiger partial charge in [-0.25, -0.2) is 17.7 Å². The summed E-state index contributed by atoms with van der Waals surface area (Å²) in [6.07, 6.45) is 1.94. The van der Waals surface area contributed by atoms with Crippen molar-refractivity contribution in [2.24, 2.45) is 5.73 Å². The van der Waals surface area contributed by atoms with Gasteiger partial charge < -0.3 is 5.73 Å². The summed E-state index contributed by atoms with van der Waals surface area (Å²) in [6.45, 7) is 0.601. The van der Waals surface area contributed by atoms with Gasteiger partial charge in [0.05, 0.1) is 11.1 Å². The van der Waals surface area contributed by atoms with E-state index in [1.54, 1.807) is 17.5 Å². The number of rotatable bonds is 7. The Morgan fingerprint density at radius 1 is 1.24 bits per heavy atom. The number of hydrogen-bond acceptors (Lipinski definition) is 9. The molecule has 174 valence electrons. The fraction of sp³-hybridized carbons (Fsp3) is 0.333. The van der Waals surface area contributed by atoms with Crippen molar-refractivity contribution in [3.05, 3.63) is 63.6 Å². The predicted octanol–water partition coefficient (Wildman–Crippen LogP) is 2.44. The molecule has 1 atom stereocenters. The molecule has 0 bridgehead atoms. The first-order valence-electron chi connectivity index (χ1n) is 10.3. The Balaban J connectivity index is 1.64. The van der Waals surface area contributed by atoms with Gasteiger partial charge in [-0.3, -0.25) is 9.59 Å². The van der Waals surface area contributed by atoms with Crippen LogP contribution in [0.2, 0.25) is 0 Å². The second-order valence-corrected chi connectivity index (χ2v) is 11.4. The summed E-state index contributed by atoms with van der Waals surface area (Å²) in [7, 11) is -3.68. The van der Waals surface area contributed by atoms with Crippen molar-refractivity contribution in [3.63, 3.8) is 0 Å². The monoisotopic (exact) mass is 505 g/mol. The third kappa shape index (κ3) is 5.18. The van der Waals surface area contributed by atoms with Crippen molar-refractivity contribution >= 4 is 44.9 Å². The highest BCUT2D eigenvalue weighted by Gasteiger charge is 2.38. The average Bonchev–Trinajstić information content (AvgIpc) is 3.47. The molecule has 0 saturated carbocycles. The van der Waals surface area contributed by atoms with Crippen molar-refractivity contribution in [2.45, 2.75) is 36.2 Å². The second kappa shape index (κ2) is 9.75. The molecule has 12 heteroatoms. The lowest BCUT2D eigenvalue weighted by Gasteiger charge is -2.28. The Morgan fingerprint density at radius 2 is 1.97 bits per heavy atom. The van der Waals surface area contributed by atoms with Crippen molar-refractivity contribution in [2.75, 3.05) is 12.8 Å². The summed E-state index contributed by atoms with van der Waals surface area (Å²) in [5.41, 5.74) is 7.70. The number of benzene rings is 1. The lowest BCUT2D eigenvalue weighted by molar-refractivity contribution is -0.130. The lowest BCUT2D eigenvalue weighted by atomic mass is 9.98. The summed E-state index contributed by atoms with van der Waals surface area (Å²) in [5.74, 6) is -1.01. The minimum atomic E-state index is -3.68. The van der Waals surface area contributed by atoms with E-state index in [-0.39, 0.29) is 18.3 Å². The van der Waals surface area contributed by atoms with Gasteiger partial charge in [0.25, 0.3) is 5.91 Å². The number of aromatic nitrogens is 3. The van der Waals surface area contributed by atoms with Crippen molar-refractivity contribution in [1.29, 1.82) is 0 Å². The maximum Gasteiger partial charge on any atom is 0.290 e. The number of nitrogens with two attached hydrogens (primary N) is 1. The van der Waals surface area contributed by atoms with Gasteiger partial charge in [-0.2, -0.15) is 4.68 Å². The van der Waals surface area contributed by atoms with Gasteiger partial charge in [0, 0.05) is 18.8 Å². The summed E-state index contributed by atoms with van der Waals surface area (Å²) < 4.78 is 26.1. The third-order valence-electron chi connectivity index (χ3n) is 5.25. The van der Waals surface area contributed by atoms with Gasteiger partial charge in [-0.05, 0) is 35.4 Å². The molecule has 0 radical (unpaired) electrons. The van der Waals surface area contributed by atoms with Crippen LogP contribution in [0.1, 0.15) is 45.4 Å². The van der Waals surface area contributed by atoms with E-state index in [4.69, 9.17) is 5.73 Å². The summed E-state index contributed by atoms with van der Waals surface area (Å²) >= 11 is 2.62. The van der Waals surface area contributed by atoms with Crippen LogP contribution in [0.25, 0.3) is 0 Å². The molecule has 1 aliphatic heterocycles. The molecule has 1 unspecified atom stereocenters. The number of piperidine rings is 1. The Labute approximate surface area is 200 Å². The molecule has 9 nitrogen and oxygen atoms in total. The van der Waals surface area contributed by atoms with Gasteiger partial charge in [-0.1, -0.05) is 42.1 Å². The van der Waals surface area contributed by atoms with Crippen molar-refractivity contribution in [1.82, 2.24) is 19.1 Å². The van der Waals surface area contributed by atoms with Crippen LogP contribution in [-0.2, 0) is 27.1 Å². The maximum atomic E-state index is 13.1. The second-order valence-electron chi connectivity index (χ2n) is 7.62. The number of hydrogen-bond donors (Lipinski definition) is 1. The fourth-order valence-corrected chi connectivity index (χ4v) is 5.98. The van der Waals surface area contributed by atoms with E-state index >= 15 is 0 Å². The molecule has 0 spiro atoms. The zero-order valence-electron chi connectivity index (χ0n) is 17.9. The minimum Gasteiger partial charge on any atom is -0.326 e. The molecular weight excluding hydrogens is 482 g/mol. The van der Waals surface area contributed by atoms with E-state index in [0.29, 0.717) is 35.2 Å². The Morgan fingerprint density at radius 3 is 2.61 bits per heavy atom. The van der Waals surface area contributed by atoms with Gasteiger partial charge in [0.1, 0.15) is 5.92 Å². The molecule has 1 amide bonds. The molecule has 1 aliphatic rings. The molecule has 4 rings (SSSR count). The minimum absolute atomic E-state index is 0.142. The van der Waals surface area contributed by atoms with E-state index in [1.165, 1.54) is 27.8 Å². The van der Waals surface area contributed by atoms with Gasteiger partial charge >= 0.3 is 0 Å². The van der Waals surface area contributed by atoms with Crippen molar-refractivity contribution in [3.8, 4) is 0 Å². The molecule has 2 N–H and O–H groups in total. The Bertz CT molecular complexity index is 1250. The third-order valence-corrected chi connectivity index (χ3v) is 8.28. The van der Waals surface area contributed by atoms with Crippen molar-refractivity contribution < 1.29 is 18.0 Å². The normalized spacial score (nSPS) is 16.8. The van der Waals surface area contributed by atoms with Crippen LogP contribution in [0.3, 0.4) is 0 Å². The number of carbonyl (C=O) groups is 2. The zero-order valence-corrected chi connectivity index (χ0v) is 20.3. The summed E-state index contributed by atoms with van der Waals surface area (Å²) in [4.78, 5) is 31.0. The molecule has 1 saturated heterocycles. The Hall–Kier alpha value is -2.54. The molecular formula is C21H23N5O4S3. The quantitative estimate of drug-likeness (QED) is 0.485. The largest absolute Gasteiger partial charge is 0.326 e. The van der Waals surface area contributed by atoms with E-state index in [2.05, 4.69) is 10.1 Å². The van der Waals surface area contributed by atoms with Crippen LogP contribution >= 0.6 is 23.1 Å². The standard InChI is InChI=1S/C21H23N5O4S3/c1-33(29,30)25-10-2-4-16(19(25)27)18-23-21(26(24-18)20(28)17-5-3-11-31-17)32-13-15-8-6-14(12-22)7-9-15/h3,5-9,11,16H,2,4,10,12-13,22H2,1H3. The van der Waals surface area contributed by atoms with Crippen LogP contribution in [0.15, 0.2) is 46.9 Å². The van der Waals surface area contributed by atoms with Crippen LogP contribution in [0.5, 0.6) is 0 Å². The number of nitrogens with zero attached hydrogens (tertiary/aromatic N) is 4. The molecule has 1 aromatic carbocycles. The number of sulfonamides is 1. The van der Waals surface area contributed by atoms with E-state index in [1.807, 2.05) is 24.3 Å². The fourth-order valence-electron chi connectivity index (χ4n) is 3.53. The first kappa shape index (κ1) is 23.6. The Kier molecular flexibility index (Phi) is 6.98. The van der Waals surface area contributed by atoms with Gasteiger partial charge in [-0.15, -0.1) is 16.4 Å². The van der Waals surface area contributed by atoms with E-state index in [0.717, 1.165) is 21.7 Å². The summed E-state index contributed by atoms with van der Waals surface area (Å²) in [5, 5.41) is 6.53. The van der Waals surface area contributed by atoms with Crippen LogP contribution in [-0.4, -0.2) is 52.1 Å². The highest BCUT2D eigenvalue weighted by molar-refractivity contribution is 7.98.